The van der Waals surface area contributed by atoms with Crippen LogP contribution in [0.15, 0.2) is 109 Å². The molecule has 0 saturated carbocycles. The zero-order valence-electron chi connectivity index (χ0n) is 49.9. The molecule has 0 spiro atoms. The zero-order chi connectivity index (χ0) is 67.7. The Morgan fingerprint density at radius 2 is 0.806 bits per heavy atom. The van der Waals surface area contributed by atoms with E-state index in [1.165, 1.54) is 0 Å². The Morgan fingerprint density at radius 1 is 0.452 bits per heavy atom. The fourth-order valence-electron chi connectivity index (χ4n) is 6.52. The number of hydrogen-bond donors (Lipinski definition) is 0. The molecule has 38 heteroatoms. The Balaban J connectivity index is 0.000000203. The van der Waals surface area contributed by atoms with Crippen LogP contribution in [0.2, 0.25) is 0 Å². The van der Waals surface area contributed by atoms with Crippen LogP contribution in [0, 0.1) is 18.3 Å². The first-order valence-electron chi connectivity index (χ1n) is 27.2. The third-order valence-electron chi connectivity index (χ3n) is 11.2. The van der Waals surface area contributed by atoms with Crippen molar-refractivity contribution in [3.05, 3.63) is 126 Å². The number of rotatable bonds is 17. The van der Waals surface area contributed by atoms with Gasteiger partial charge in [0.15, 0.2) is 36.6 Å². The Kier molecular flexibility index (Phi) is 34.4. The van der Waals surface area contributed by atoms with Gasteiger partial charge in [-0.05, 0) is 66.3 Å². The monoisotopic (exact) mass is 1430 g/mol. The zero-order valence-corrected chi connectivity index (χ0v) is 54.8. The summed E-state index contributed by atoms with van der Waals surface area (Å²) in [6, 6.07) is 34.1. The molecule has 0 radical (unpaired) electrons. The molecule has 0 N–H and O–H groups in total. The van der Waals surface area contributed by atoms with Gasteiger partial charge in [-0.3, -0.25) is 50.2 Å². The van der Waals surface area contributed by atoms with Crippen molar-refractivity contribution in [2.75, 3.05) is 66.1 Å². The smallest absolute Gasteiger partial charge is 0.344 e. The number of nitrogens with zero attached hydrogens (tertiary/aromatic N) is 1. The molecule has 0 bridgehead atoms. The summed E-state index contributed by atoms with van der Waals surface area (Å²) < 4.78 is 154. The third-order valence-corrected chi connectivity index (χ3v) is 15.5. The maximum absolute atomic E-state index is 11.7. The number of esters is 6. The molecule has 6 fully saturated rings. The lowest BCUT2D eigenvalue weighted by Crippen LogP contribution is -2.27. The lowest BCUT2D eigenvalue weighted by atomic mass is 9.87. The molecule has 93 heavy (non-hydrogen) atoms. The van der Waals surface area contributed by atoms with Crippen molar-refractivity contribution in [1.82, 2.24) is 0 Å². The molecule has 6 heterocycles. The van der Waals surface area contributed by atoms with Gasteiger partial charge in [0.25, 0.3) is 0 Å². The highest BCUT2D eigenvalue weighted by Crippen LogP contribution is 2.25. The summed E-state index contributed by atoms with van der Waals surface area (Å²) in [7, 11) is 0. The van der Waals surface area contributed by atoms with Gasteiger partial charge >= 0.3 is 104 Å². The molecule has 4 aromatic rings. The fraction of sp³-hybridized carbons (Fsp3) is 0.436. The average molecular weight is 1430 g/mol. The van der Waals surface area contributed by atoms with Gasteiger partial charge in [0.1, 0.15) is 76.7 Å². The average Bonchev–Trinajstić information content (AvgIpc) is 2.30. The third kappa shape index (κ3) is 29.4. The Bertz CT molecular complexity index is 3260. The highest BCUT2D eigenvalue weighted by atomic mass is 32.2. The fourth-order valence-corrected chi connectivity index (χ4v) is 10.2. The van der Waals surface area contributed by atoms with Crippen LogP contribution >= 0.6 is 0 Å². The van der Waals surface area contributed by atoms with Crippen LogP contribution in [0.25, 0.3) is 0 Å². The molecule has 12 unspecified atom stereocenters. The SMILES string of the molecule is CC(C)(C)c1ccc(OC(=O)C2COS(=O)O2)cc1.CCOCCOC(=O)C1COS(=O)O1.Cc1ccccc1OC(=O)C1COS(=O)O1.N#CCCOC(=O)C1COS(=O)O1.O=C(OCc1ccccc1)C1COS(=O)O1.O=C(Oc1ccccc1)C1COS(=O)O1. The maximum atomic E-state index is 11.7. The summed E-state index contributed by atoms with van der Waals surface area (Å²) in [5, 5.41) is 8.14. The standard InChI is InChI=1S/C13H16O5S.2C10H10O5S.C9H8O5S.C7H12O6S.C6H7NO5S/c1-13(2,3)9-4-6-10(7-5-9)17-12(14)11-8-16-19(15)18-11;1-7-4-2-3-5-8(7)14-10(11)9-6-13-16(12)15-9;11-10(9-7-14-16(12)15-9)13-6-8-4-2-1-3-5-8;10-9(8-6-12-15(11)14-8)13-7-4-2-1-3-5-7;1-2-10-3-4-11-7(8)6-5-12-14(9)13-6;7-2-1-3-10-6(8)5-4-11-13(9)12-5/h4-7,11H,8H2,1-3H3;2-5,9H,6H2,1H3;1-5,9H,6-7H2;1-5,8H,6H2;6H,2-5H2,1H3;5H,1,3-4H2. The number of ether oxygens (including phenoxy) is 7. The minimum atomic E-state index is -1.85. The Hall–Kier alpha value is -6.43. The van der Waals surface area contributed by atoms with Crippen LogP contribution in [0.4, 0.5) is 0 Å². The van der Waals surface area contributed by atoms with E-state index in [2.05, 4.69) is 67.3 Å². The lowest BCUT2D eigenvalue weighted by Gasteiger charge is -2.19. The second-order valence-corrected chi connectivity index (χ2v) is 24.1. The molecule has 0 amide bonds. The number of para-hydroxylation sites is 2. The van der Waals surface area contributed by atoms with Gasteiger partial charge < -0.3 is 33.2 Å². The minimum absolute atomic E-state index is 0.0157. The van der Waals surface area contributed by atoms with Gasteiger partial charge in [0.05, 0.1) is 19.1 Å². The van der Waals surface area contributed by atoms with Crippen LogP contribution in [0.5, 0.6) is 17.2 Å². The second-order valence-electron chi connectivity index (χ2n) is 19.1. The predicted molar refractivity (Wildman–Crippen MR) is 318 cm³/mol. The van der Waals surface area contributed by atoms with Gasteiger partial charge in [-0.15, -0.1) is 0 Å². The van der Waals surface area contributed by atoms with Crippen molar-refractivity contribution in [3.8, 4) is 23.3 Å². The Labute approximate surface area is 548 Å². The maximum Gasteiger partial charge on any atom is 0.344 e. The summed E-state index contributed by atoms with van der Waals surface area (Å²) in [6.07, 6.45) is -5.32. The molecule has 32 nitrogen and oxygen atoms in total. The van der Waals surface area contributed by atoms with Crippen molar-refractivity contribution < 1.29 is 137 Å². The number of carbonyl (C=O) groups is 6. The molecule has 0 aliphatic carbocycles. The summed E-state index contributed by atoms with van der Waals surface area (Å²) in [5.41, 5.74) is 2.92. The van der Waals surface area contributed by atoms with Gasteiger partial charge in [-0.1, -0.05) is 99.6 Å². The van der Waals surface area contributed by atoms with Gasteiger partial charge in [0, 0.05) is 6.61 Å². The summed E-state index contributed by atoms with van der Waals surface area (Å²) in [4.78, 5) is 68.2. The van der Waals surface area contributed by atoms with E-state index in [4.69, 9.17) is 42.0 Å². The second kappa shape index (κ2) is 41.4. The van der Waals surface area contributed by atoms with Crippen LogP contribution in [-0.4, -0.2) is 164 Å². The van der Waals surface area contributed by atoms with Crippen LogP contribution in [-0.2, 0) is 178 Å². The van der Waals surface area contributed by atoms with Crippen LogP contribution in [0.3, 0.4) is 0 Å². The Morgan fingerprint density at radius 3 is 1.18 bits per heavy atom. The highest BCUT2D eigenvalue weighted by Gasteiger charge is 2.36. The molecular weight excluding hydrogens is 1360 g/mol. The van der Waals surface area contributed by atoms with Crippen LogP contribution < -0.4 is 14.2 Å². The van der Waals surface area contributed by atoms with E-state index in [1.807, 2.05) is 80.6 Å². The van der Waals surface area contributed by atoms with Crippen molar-refractivity contribution in [2.24, 2.45) is 0 Å². The molecular formula is C55H63NO31S6. The van der Waals surface area contributed by atoms with Gasteiger partial charge in [-0.25, -0.2) is 28.8 Å². The van der Waals surface area contributed by atoms with Gasteiger partial charge in [0.2, 0.25) is 0 Å². The first-order valence-corrected chi connectivity index (χ1v) is 33.2. The van der Waals surface area contributed by atoms with E-state index >= 15 is 0 Å². The predicted octanol–water partition coefficient (Wildman–Crippen LogP) is 3.09. The summed E-state index contributed by atoms with van der Waals surface area (Å²) in [5.74, 6) is -2.27. The van der Waals surface area contributed by atoms with Crippen molar-refractivity contribution in [3.63, 3.8) is 0 Å². The molecule has 12 atom stereocenters. The number of benzene rings is 4. The first-order chi connectivity index (χ1) is 44.5. The molecule has 10 rings (SSSR count). The molecule has 0 aromatic heterocycles. The van der Waals surface area contributed by atoms with E-state index in [9.17, 15) is 54.0 Å². The van der Waals surface area contributed by atoms with E-state index < -0.39 is 141 Å². The highest BCUT2D eigenvalue weighted by molar-refractivity contribution is 7.76. The minimum Gasteiger partial charge on any atom is -0.463 e. The van der Waals surface area contributed by atoms with Crippen LogP contribution in [0.1, 0.15) is 50.8 Å². The van der Waals surface area contributed by atoms with E-state index in [-0.39, 0.29) is 71.3 Å². The normalized spacial score (nSPS) is 24.9. The first kappa shape index (κ1) is 77.3. The van der Waals surface area contributed by atoms with Crippen molar-refractivity contribution in [1.29, 1.82) is 5.26 Å². The topological polar surface area (TPSA) is 404 Å². The number of nitriles is 1. The van der Waals surface area contributed by atoms with E-state index in [0.29, 0.717) is 30.5 Å². The molecule has 6 saturated heterocycles. The number of aryl methyl sites for hydroxylation is 1. The van der Waals surface area contributed by atoms with E-state index in [0.717, 1.165) is 16.7 Å². The largest absolute Gasteiger partial charge is 0.463 e. The van der Waals surface area contributed by atoms with Crippen molar-refractivity contribution in [2.45, 2.75) is 89.7 Å². The molecule has 6 aliphatic rings. The van der Waals surface area contributed by atoms with Gasteiger partial charge in [-0.2, -0.15) is 30.5 Å². The molecule has 4 aromatic carbocycles. The number of carbonyl (C=O) groups excluding carboxylic acids is 6. The molecule has 510 valence electrons. The quantitative estimate of drug-likeness (QED) is 0.0634. The lowest BCUT2D eigenvalue weighted by molar-refractivity contribution is -0.153. The molecule has 6 aliphatic heterocycles. The number of hydrogen-bond acceptors (Lipinski definition) is 32. The van der Waals surface area contributed by atoms with Crippen molar-refractivity contribution >= 4 is 104 Å². The summed E-state index contributed by atoms with van der Waals surface area (Å²) in [6.45, 7) is 11.0. The summed E-state index contributed by atoms with van der Waals surface area (Å²) >= 11 is -11.0. The van der Waals surface area contributed by atoms with E-state index in [1.54, 1.807) is 48.5 Å².